The van der Waals surface area contributed by atoms with Gasteiger partial charge in [0.1, 0.15) is 29.2 Å². The van der Waals surface area contributed by atoms with Gasteiger partial charge in [0.25, 0.3) is 11.8 Å². The summed E-state index contributed by atoms with van der Waals surface area (Å²) in [5.74, 6) is -0.637. The molecule has 0 saturated carbocycles. The Morgan fingerprint density at radius 2 is 1.74 bits per heavy atom. The van der Waals surface area contributed by atoms with Crippen molar-refractivity contribution < 1.29 is 29.0 Å². The number of carbonyl (C=O) groups excluding carboxylic acids is 3. The molecule has 3 amide bonds. The van der Waals surface area contributed by atoms with Gasteiger partial charge in [0, 0.05) is 18.2 Å². The molecule has 3 rings (SSSR count). The van der Waals surface area contributed by atoms with Crippen molar-refractivity contribution >= 4 is 29.7 Å². The SMILES string of the molecule is C#CN(C(=O)C(Cc1ccc(O)cc1)NC(=O)OC(C)(C)C)C(C(=O)Nc1ccc(OC)cc1)c1cccc(C=C)c1. The molecule has 0 saturated heterocycles. The predicted molar refractivity (Wildman–Crippen MR) is 162 cm³/mol. The number of nitrogens with one attached hydrogen (secondary N) is 2. The van der Waals surface area contributed by atoms with E-state index in [0.29, 0.717) is 28.1 Å². The first-order valence-electron chi connectivity index (χ1n) is 13.2. The average Bonchev–Trinajstić information content (AvgIpc) is 2.95. The molecule has 0 radical (unpaired) electrons. The van der Waals surface area contributed by atoms with Crippen LogP contribution >= 0.6 is 0 Å². The fraction of sp³-hybridized carbons (Fsp3) is 0.242. The summed E-state index contributed by atoms with van der Waals surface area (Å²) in [4.78, 5) is 41.7. The lowest BCUT2D eigenvalue weighted by Crippen LogP contribution is -2.51. The van der Waals surface area contributed by atoms with Gasteiger partial charge < -0.3 is 25.2 Å². The number of hydrogen-bond acceptors (Lipinski definition) is 6. The van der Waals surface area contributed by atoms with E-state index in [0.717, 1.165) is 4.90 Å². The Bertz CT molecular complexity index is 1450. The number of benzene rings is 3. The van der Waals surface area contributed by atoms with Crippen molar-refractivity contribution in [3.63, 3.8) is 0 Å². The molecule has 218 valence electrons. The highest BCUT2D eigenvalue weighted by Crippen LogP contribution is 2.26. The number of anilines is 1. The lowest BCUT2D eigenvalue weighted by Gasteiger charge is -2.30. The van der Waals surface area contributed by atoms with Gasteiger partial charge in [-0.05, 0) is 79.9 Å². The molecule has 3 aromatic rings. The number of amides is 3. The number of carbonyl (C=O) groups is 3. The summed E-state index contributed by atoms with van der Waals surface area (Å²) in [6, 6.07) is 19.7. The molecular formula is C33H35N3O6. The monoisotopic (exact) mass is 569 g/mol. The number of rotatable bonds is 10. The van der Waals surface area contributed by atoms with Crippen LogP contribution in [0.3, 0.4) is 0 Å². The second-order valence-electron chi connectivity index (χ2n) is 10.4. The van der Waals surface area contributed by atoms with Crippen LogP contribution in [0.5, 0.6) is 11.5 Å². The molecule has 0 bridgehead atoms. The minimum Gasteiger partial charge on any atom is -0.508 e. The summed E-state index contributed by atoms with van der Waals surface area (Å²) in [5, 5.41) is 15.1. The Balaban J connectivity index is 2.02. The van der Waals surface area contributed by atoms with Crippen LogP contribution in [0.15, 0.2) is 79.4 Å². The van der Waals surface area contributed by atoms with Crippen molar-refractivity contribution in [2.24, 2.45) is 0 Å². The molecule has 0 heterocycles. The van der Waals surface area contributed by atoms with E-state index in [2.05, 4.69) is 23.3 Å². The molecule has 9 heteroatoms. The first-order valence-corrected chi connectivity index (χ1v) is 13.2. The van der Waals surface area contributed by atoms with Gasteiger partial charge in [-0.1, -0.05) is 49.4 Å². The lowest BCUT2D eigenvalue weighted by atomic mass is 9.99. The molecule has 3 aromatic carbocycles. The van der Waals surface area contributed by atoms with Crippen LogP contribution in [0, 0.1) is 12.5 Å². The van der Waals surface area contributed by atoms with Crippen molar-refractivity contribution in [3.05, 3.63) is 96.1 Å². The molecule has 42 heavy (non-hydrogen) atoms. The molecule has 0 aliphatic heterocycles. The number of phenols is 1. The summed E-state index contributed by atoms with van der Waals surface area (Å²) in [7, 11) is 1.53. The summed E-state index contributed by atoms with van der Waals surface area (Å²) >= 11 is 0. The van der Waals surface area contributed by atoms with Gasteiger partial charge in [-0.3, -0.25) is 14.5 Å². The molecule has 2 unspecified atom stereocenters. The maximum absolute atomic E-state index is 14.1. The van der Waals surface area contributed by atoms with Crippen LogP contribution in [0.1, 0.15) is 43.5 Å². The summed E-state index contributed by atoms with van der Waals surface area (Å²) in [6.45, 7) is 8.88. The minimum atomic E-state index is -1.27. The number of ether oxygens (including phenoxy) is 2. The van der Waals surface area contributed by atoms with Crippen LogP contribution in [-0.4, -0.2) is 46.7 Å². The van der Waals surface area contributed by atoms with Crippen molar-refractivity contribution in [1.82, 2.24) is 10.2 Å². The molecule has 0 aliphatic rings. The highest BCUT2D eigenvalue weighted by molar-refractivity contribution is 5.99. The number of hydrogen-bond donors (Lipinski definition) is 3. The molecule has 3 N–H and O–H groups in total. The Hall–Kier alpha value is -5.23. The van der Waals surface area contributed by atoms with Gasteiger partial charge in [0.05, 0.1) is 7.11 Å². The number of terminal acetylenes is 1. The quantitative estimate of drug-likeness (QED) is 0.226. The predicted octanol–water partition coefficient (Wildman–Crippen LogP) is 5.28. The molecule has 0 fully saturated rings. The Morgan fingerprint density at radius 3 is 2.31 bits per heavy atom. The number of phenolic OH excluding ortho intramolecular Hbond substituents is 1. The molecule has 9 nitrogen and oxygen atoms in total. The summed E-state index contributed by atoms with van der Waals surface area (Å²) < 4.78 is 10.6. The fourth-order valence-electron chi connectivity index (χ4n) is 4.11. The standard InChI is InChI=1S/C33H35N3O6/c1-7-22-10-9-11-24(20-22)29(30(38)34-25-14-18-27(41-6)19-15-25)36(8-2)31(39)28(35-32(40)42-33(3,4)5)21-23-12-16-26(37)17-13-23/h2,7,9-20,28-29,37H,1,21H2,3-6H3,(H,34,38)(H,35,40). The van der Waals surface area contributed by atoms with Gasteiger partial charge in [-0.15, -0.1) is 0 Å². The highest BCUT2D eigenvalue weighted by atomic mass is 16.6. The number of methoxy groups -OCH3 is 1. The van der Waals surface area contributed by atoms with Gasteiger partial charge in [-0.25, -0.2) is 4.79 Å². The minimum absolute atomic E-state index is 0.00997. The molecule has 0 aliphatic carbocycles. The zero-order valence-corrected chi connectivity index (χ0v) is 24.1. The van der Waals surface area contributed by atoms with E-state index in [1.807, 2.05) is 0 Å². The maximum Gasteiger partial charge on any atom is 0.408 e. The van der Waals surface area contributed by atoms with Gasteiger partial charge in [0.2, 0.25) is 0 Å². The number of alkyl carbamates (subject to hydrolysis) is 1. The Kier molecular flexibility index (Phi) is 10.4. The molecule has 2 atom stereocenters. The molecule has 0 spiro atoms. The zero-order valence-electron chi connectivity index (χ0n) is 24.1. The summed E-state index contributed by atoms with van der Waals surface area (Å²) in [6.07, 6.45) is 6.69. The van der Waals surface area contributed by atoms with Crippen LogP contribution in [0.4, 0.5) is 10.5 Å². The smallest absolute Gasteiger partial charge is 0.408 e. The van der Waals surface area contributed by atoms with Crippen molar-refractivity contribution in [2.45, 2.75) is 44.9 Å². The zero-order chi connectivity index (χ0) is 30.9. The Morgan fingerprint density at radius 1 is 1.07 bits per heavy atom. The van der Waals surface area contributed by atoms with Gasteiger partial charge >= 0.3 is 6.09 Å². The van der Waals surface area contributed by atoms with E-state index in [1.165, 1.54) is 19.2 Å². The fourth-order valence-corrected chi connectivity index (χ4v) is 4.11. The van der Waals surface area contributed by atoms with E-state index in [4.69, 9.17) is 15.9 Å². The van der Waals surface area contributed by atoms with Crippen LogP contribution in [0.2, 0.25) is 0 Å². The van der Waals surface area contributed by atoms with E-state index in [9.17, 15) is 19.5 Å². The first-order chi connectivity index (χ1) is 19.9. The topological polar surface area (TPSA) is 117 Å². The lowest BCUT2D eigenvalue weighted by molar-refractivity contribution is -0.136. The third-order valence-corrected chi connectivity index (χ3v) is 6.07. The van der Waals surface area contributed by atoms with E-state index < -0.39 is 35.6 Å². The van der Waals surface area contributed by atoms with E-state index >= 15 is 0 Å². The van der Waals surface area contributed by atoms with Crippen molar-refractivity contribution in [1.29, 1.82) is 0 Å². The van der Waals surface area contributed by atoms with Crippen LogP contribution in [0.25, 0.3) is 6.08 Å². The molecular weight excluding hydrogens is 534 g/mol. The summed E-state index contributed by atoms with van der Waals surface area (Å²) in [5.41, 5.74) is 1.42. The first kappa shape index (κ1) is 31.3. The number of aromatic hydroxyl groups is 1. The normalized spacial score (nSPS) is 12.2. The number of nitrogens with zero attached hydrogens (tertiary/aromatic N) is 1. The molecule has 0 aromatic heterocycles. The van der Waals surface area contributed by atoms with Crippen molar-refractivity contribution in [3.8, 4) is 24.0 Å². The van der Waals surface area contributed by atoms with Gasteiger partial charge in [-0.2, -0.15) is 0 Å². The maximum atomic E-state index is 14.1. The van der Waals surface area contributed by atoms with Crippen molar-refractivity contribution in [2.75, 3.05) is 12.4 Å². The highest BCUT2D eigenvalue weighted by Gasteiger charge is 2.36. The Labute approximate surface area is 246 Å². The average molecular weight is 570 g/mol. The second kappa shape index (κ2) is 13.9. The third-order valence-electron chi connectivity index (χ3n) is 6.07. The van der Waals surface area contributed by atoms with E-state index in [1.54, 1.807) is 87.5 Å². The van der Waals surface area contributed by atoms with E-state index in [-0.39, 0.29) is 12.2 Å². The van der Waals surface area contributed by atoms with Crippen LogP contribution in [-0.2, 0) is 20.7 Å². The second-order valence-corrected chi connectivity index (χ2v) is 10.4. The largest absolute Gasteiger partial charge is 0.508 e. The van der Waals surface area contributed by atoms with Gasteiger partial charge in [0.15, 0.2) is 0 Å². The third kappa shape index (κ3) is 8.63. The van der Waals surface area contributed by atoms with Crippen LogP contribution < -0.4 is 15.4 Å².